The van der Waals surface area contributed by atoms with Crippen molar-refractivity contribution in [2.24, 2.45) is 5.41 Å². The Morgan fingerprint density at radius 2 is 1.43 bits per heavy atom. The fourth-order valence-corrected chi connectivity index (χ4v) is 9.55. The summed E-state index contributed by atoms with van der Waals surface area (Å²) in [6.07, 6.45) is 0. The predicted molar refractivity (Wildman–Crippen MR) is 84.8 cm³/mol. The Labute approximate surface area is 137 Å². The molecule has 8 nitrogen and oxygen atoms in total. The molecule has 1 aliphatic rings. The number of ether oxygens (including phenoxy) is 1. The molecule has 1 saturated carbocycles. The molecule has 1 aliphatic carbocycles. The number of hydrogen-bond acceptors (Lipinski definition) is 8. The number of esters is 1. The third-order valence-corrected chi connectivity index (χ3v) is 10.3. The maximum atomic E-state index is 13.4. The molecule has 1 rings (SSSR count). The summed E-state index contributed by atoms with van der Waals surface area (Å²) in [5, 5.41) is -1.75. The molecular weight excluding hydrogens is 346 g/mol. The van der Waals surface area contributed by atoms with E-state index in [4.69, 9.17) is 22.8 Å². The van der Waals surface area contributed by atoms with Gasteiger partial charge in [0, 0.05) is 19.6 Å². The lowest BCUT2D eigenvalue weighted by Crippen LogP contribution is -2.33. The summed E-state index contributed by atoms with van der Waals surface area (Å²) in [4.78, 5) is 12.6. The van der Waals surface area contributed by atoms with Crippen molar-refractivity contribution in [3.05, 3.63) is 0 Å². The van der Waals surface area contributed by atoms with Crippen LogP contribution in [0.2, 0.25) is 0 Å². The van der Waals surface area contributed by atoms with Crippen LogP contribution < -0.4 is 0 Å². The van der Waals surface area contributed by atoms with Gasteiger partial charge in [-0.2, -0.15) is 0 Å². The molecule has 0 aromatic carbocycles. The van der Waals surface area contributed by atoms with Crippen LogP contribution >= 0.6 is 15.2 Å². The second-order valence-electron chi connectivity index (χ2n) is 5.62. The van der Waals surface area contributed by atoms with E-state index in [-0.39, 0.29) is 13.2 Å². The fourth-order valence-electron chi connectivity index (χ4n) is 3.35. The van der Waals surface area contributed by atoms with E-state index in [9.17, 15) is 13.9 Å². The van der Waals surface area contributed by atoms with Crippen molar-refractivity contribution in [2.45, 2.75) is 38.5 Å². The second-order valence-corrected chi connectivity index (χ2v) is 10.2. The summed E-state index contributed by atoms with van der Waals surface area (Å²) in [6.45, 7) is 6.67. The molecule has 10 heteroatoms. The average Bonchev–Trinajstić information content (AvgIpc) is 3.05. The number of carbonyl (C=O) groups excluding carboxylic acids is 1. The van der Waals surface area contributed by atoms with Crippen molar-refractivity contribution in [3.63, 3.8) is 0 Å². The third-order valence-electron chi connectivity index (χ3n) is 4.33. The minimum atomic E-state index is -3.99. The maximum Gasteiger partial charge on any atom is 0.349 e. The smallest absolute Gasteiger partial charge is 0.349 e. The molecule has 0 heterocycles. The Morgan fingerprint density at radius 1 is 1.00 bits per heavy atom. The molecule has 1 fully saturated rings. The standard InChI is InChI=1S/C13H26O8P2/c1-8-20-23(16,21-9-2)13(11(14)17-5)10(12(13,3)4)22(15,18-6)19-7/h10H,8-9H2,1-7H3. The lowest BCUT2D eigenvalue weighted by atomic mass is 10.1. The molecule has 0 aromatic heterocycles. The number of hydrogen-bond donors (Lipinski definition) is 0. The van der Waals surface area contributed by atoms with Gasteiger partial charge in [-0.3, -0.25) is 13.9 Å². The lowest BCUT2D eigenvalue weighted by molar-refractivity contribution is -0.142. The Bertz CT molecular complexity index is 528. The van der Waals surface area contributed by atoms with Gasteiger partial charge in [0.05, 0.1) is 26.0 Å². The van der Waals surface area contributed by atoms with Crippen LogP contribution in [-0.2, 0) is 36.8 Å². The van der Waals surface area contributed by atoms with E-state index >= 15 is 0 Å². The summed E-state index contributed by atoms with van der Waals surface area (Å²) in [5.74, 6) is -0.813. The van der Waals surface area contributed by atoms with Gasteiger partial charge in [0.25, 0.3) is 0 Å². The Hall–Kier alpha value is -0.230. The monoisotopic (exact) mass is 372 g/mol. The van der Waals surface area contributed by atoms with Crippen LogP contribution in [0.25, 0.3) is 0 Å². The topological polar surface area (TPSA) is 97.4 Å². The first kappa shape index (κ1) is 20.8. The van der Waals surface area contributed by atoms with Gasteiger partial charge in [-0.1, -0.05) is 13.8 Å². The number of rotatable bonds is 9. The largest absolute Gasteiger partial charge is 0.468 e. The summed E-state index contributed by atoms with van der Waals surface area (Å²) in [6, 6.07) is 0. The van der Waals surface area contributed by atoms with Crippen molar-refractivity contribution in [2.75, 3.05) is 34.5 Å². The molecule has 136 valence electrons. The average molecular weight is 372 g/mol. The van der Waals surface area contributed by atoms with Crippen LogP contribution in [0.4, 0.5) is 0 Å². The summed E-state index contributed by atoms with van der Waals surface area (Å²) in [5.41, 5.74) is -2.03. The van der Waals surface area contributed by atoms with Crippen LogP contribution in [0.1, 0.15) is 27.7 Å². The molecule has 23 heavy (non-hydrogen) atoms. The summed E-state index contributed by atoms with van der Waals surface area (Å²) < 4.78 is 52.0. The first-order valence-corrected chi connectivity index (χ1v) is 10.4. The highest BCUT2D eigenvalue weighted by atomic mass is 31.2. The summed E-state index contributed by atoms with van der Waals surface area (Å²) in [7, 11) is -4.12. The van der Waals surface area contributed by atoms with Crippen molar-refractivity contribution in [1.82, 2.24) is 0 Å². The highest BCUT2D eigenvalue weighted by molar-refractivity contribution is 7.62. The van der Waals surface area contributed by atoms with Gasteiger partial charge in [0.15, 0.2) is 5.16 Å². The van der Waals surface area contributed by atoms with Gasteiger partial charge in [0.1, 0.15) is 0 Å². The molecule has 2 atom stereocenters. The molecular formula is C13H26O8P2. The Balaban J connectivity index is 3.61. The van der Waals surface area contributed by atoms with Gasteiger partial charge < -0.3 is 22.8 Å². The quantitative estimate of drug-likeness (QED) is 0.450. The zero-order valence-electron chi connectivity index (χ0n) is 14.7. The first-order valence-electron chi connectivity index (χ1n) is 7.28. The fraction of sp³-hybridized carbons (Fsp3) is 0.923. The van der Waals surface area contributed by atoms with Crippen LogP contribution in [0.3, 0.4) is 0 Å². The molecule has 0 N–H and O–H groups in total. The molecule has 0 radical (unpaired) electrons. The highest BCUT2D eigenvalue weighted by Gasteiger charge is 2.91. The SMILES string of the molecule is CCOP(=O)(OCC)C1(C(=O)OC)C(P(=O)(OC)OC)C1(C)C. The summed E-state index contributed by atoms with van der Waals surface area (Å²) >= 11 is 0. The van der Waals surface area contributed by atoms with E-state index in [1.54, 1.807) is 27.7 Å². The van der Waals surface area contributed by atoms with E-state index < -0.39 is 37.4 Å². The highest BCUT2D eigenvalue weighted by Crippen LogP contribution is 2.88. The minimum Gasteiger partial charge on any atom is -0.468 e. The van der Waals surface area contributed by atoms with Crippen LogP contribution in [0, 0.1) is 5.41 Å². The van der Waals surface area contributed by atoms with E-state index in [0.717, 1.165) is 0 Å². The van der Waals surface area contributed by atoms with Crippen molar-refractivity contribution < 1.29 is 36.8 Å². The van der Waals surface area contributed by atoms with Crippen molar-refractivity contribution in [1.29, 1.82) is 0 Å². The number of carbonyl (C=O) groups is 1. The van der Waals surface area contributed by atoms with Gasteiger partial charge in [0.2, 0.25) is 0 Å². The minimum absolute atomic E-state index is 0.0586. The van der Waals surface area contributed by atoms with E-state index in [1.807, 2.05) is 0 Å². The molecule has 0 amide bonds. The van der Waals surface area contributed by atoms with Gasteiger partial charge in [-0.05, 0) is 13.8 Å². The van der Waals surface area contributed by atoms with E-state index in [0.29, 0.717) is 0 Å². The number of methoxy groups -OCH3 is 1. The lowest BCUT2D eigenvalue weighted by Gasteiger charge is -2.27. The molecule has 0 saturated heterocycles. The zero-order valence-corrected chi connectivity index (χ0v) is 16.4. The zero-order chi connectivity index (χ0) is 18.1. The molecule has 0 aliphatic heterocycles. The Morgan fingerprint density at radius 3 is 1.74 bits per heavy atom. The predicted octanol–water partition coefficient (Wildman–Crippen LogP) is 3.06. The van der Waals surface area contributed by atoms with Gasteiger partial charge in [-0.25, -0.2) is 0 Å². The maximum absolute atomic E-state index is 13.4. The normalized spacial score (nSPS) is 26.8. The molecule has 0 bridgehead atoms. The first-order chi connectivity index (χ1) is 10.6. The van der Waals surface area contributed by atoms with Crippen LogP contribution in [0.5, 0.6) is 0 Å². The molecule has 2 unspecified atom stereocenters. The van der Waals surface area contributed by atoms with Crippen LogP contribution in [0.15, 0.2) is 0 Å². The van der Waals surface area contributed by atoms with Gasteiger partial charge in [-0.15, -0.1) is 0 Å². The van der Waals surface area contributed by atoms with Crippen molar-refractivity contribution in [3.8, 4) is 0 Å². The van der Waals surface area contributed by atoms with Crippen molar-refractivity contribution >= 4 is 21.2 Å². The third kappa shape index (κ3) is 2.74. The van der Waals surface area contributed by atoms with Gasteiger partial charge >= 0.3 is 21.2 Å². The van der Waals surface area contributed by atoms with E-state index in [1.165, 1.54) is 21.3 Å². The Kier molecular flexibility index (Phi) is 6.29. The second kappa shape index (κ2) is 6.95. The van der Waals surface area contributed by atoms with Crippen LogP contribution in [-0.4, -0.2) is 51.3 Å². The molecule has 0 spiro atoms. The molecule has 0 aromatic rings. The van der Waals surface area contributed by atoms with E-state index in [2.05, 4.69) is 0 Å².